The number of ether oxygens (including phenoxy) is 1. The monoisotopic (exact) mass is 546 g/mol. The zero-order valence-electron chi connectivity index (χ0n) is 20.5. The maximum Gasteiger partial charge on any atom is 0.391 e. The smallest absolute Gasteiger partial charge is 0.391 e. The minimum absolute atomic E-state index is 0. The van der Waals surface area contributed by atoms with Crippen LogP contribution < -0.4 is 15.0 Å². The lowest BCUT2D eigenvalue weighted by atomic mass is 9.96. The lowest BCUT2D eigenvalue weighted by molar-refractivity contribution is -0.179. The highest BCUT2D eigenvalue weighted by Crippen LogP contribution is 2.36. The number of pyridine rings is 1. The lowest BCUT2D eigenvalue weighted by Gasteiger charge is -2.33. The molecule has 36 heavy (non-hydrogen) atoms. The molecule has 1 saturated heterocycles. The molecule has 1 fully saturated rings. The molecule has 0 amide bonds. The summed E-state index contributed by atoms with van der Waals surface area (Å²) in [4.78, 5) is 10.7. The first-order chi connectivity index (χ1) is 16.2. The van der Waals surface area contributed by atoms with Gasteiger partial charge in [0.2, 0.25) is 11.9 Å². The Hall–Kier alpha value is -2.72. The van der Waals surface area contributed by atoms with Gasteiger partial charge < -0.3 is 15.0 Å². The molecule has 1 aromatic carbocycles. The van der Waals surface area contributed by atoms with Gasteiger partial charge in [-0.25, -0.2) is 4.68 Å². The number of aromatic nitrogens is 4. The third kappa shape index (κ3) is 6.53. The Morgan fingerprint density at radius 3 is 2.36 bits per heavy atom. The molecule has 1 aliphatic rings. The van der Waals surface area contributed by atoms with E-state index < -0.39 is 12.1 Å². The van der Waals surface area contributed by atoms with Crippen molar-refractivity contribution in [3.05, 3.63) is 42.2 Å². The van der Waals surface area contributed by atoms with Gasteiger partial charge >= 0.3 is 6.18 Å². The molecule has 0 bridgehead atoms. The second-order valence-corrected chi connectivity index (χ2v) is 8.80. The highest BCUT2D eigenvalue weighted by molar-refractivity contribution is 5.85. The molecule has 0 atom stereocenters. The zero-order chi connectivity index (χ0) is 24.5. The van der Waals surface area contributed by atoms with Crippen molar-refractivity contribution in [3.8, 4) is 16.9 Å². The topological polar surface area (TPSA) is 68.1 Å². The average molecular weight is 547 g/mol. The number of halogens is 5. The van der Waals surface area contributed by atoms with Crippen molar-refractivity contribution in [2.24, 2.45) is 5.92 Å². The molecule has 3 heterocycles. The maximum absolute atomic E-state index is 13.1. The molecule has 0 aliphatic carbocycles. The van der Waals surface area contributed by atoms with Gasteiger partial charge in [-0.05, 0) is 63.4 Å². The normalized spacial score (nSPS) is 14.3. The van der Waals surface area contributed by atoms with Crippen LogP contribution in [0.3, 0.4) is 0 Å². The predicted molar refractivity (Wildman–Crippen MR) is 140 cm³/mol. The Balaban J connectivity index is 0.00000228. The second kappa shape index (κ2) is 12.0. The number of nitrogens with zero attached hydrogens (tertiary/aromatic N) is 5. The molecule has 12 heteroatoms. The van der Waals surface area contributed by atoms with Crippen molar-refractivity contribution in [3.63, 3.8) is 0 Å². The van der Waals surface area contributed by atoms with Gasteiger partial charge in [0.05, 0.1) is 19.1 Å². The van der Waals surface area contributed by atoms with Crippen molar-refractivity contribution in [2.75, 3.05) is 30.4 Å². The minimum Gasteiger partial charge on any atom is -0.496 e. The molecule has 0 radical (unpaired) electrons. The van der Waals surface area contributed by atoms with E-state index in [2.05, 4.69) is 20.4 Å². The van der Waals surface area contributed by atoms with Crippen LogP contribution in [0.4, 0.5) is 30.8 Å². The highest BCUT2D eigenvalue weighted by atomic mass is 35.5. The van der Waals surface area contributed by atoms with Gasteiger partial charge in [0, 0.05) is 42.3 Å². The SMILES string of the molecule is COc1cc(Nc2nc(N3CCC(C(F)(F)F)CC3)n(C(C)C)n2)ccc1-c1ccnc(C)c1.Cl.Cl. The molecular formula is C24H31Cl2F3N6O. The number of alkyl halides is 3. The zero-order valence-corrected chi connectivity index (χ0v) is 22.2. The number of methoxy groups -OCH3 is 1. The Morgan fingerprint density at radius 2 is 1.78 bits per heavy atom. The summed E-state index contributed by atoms with van der Waals surface area (Å²) in [5.41, 5.74) is 3.60. The fourth-order valence-electron chi connectivity index (χ4n) is 4.19. The van der Waals surface area contributed by atoms with Gasteiger partial charge in [0.15, 0.2) is 0 Å². The minimum atomic E-state index is -4.15. The molecule has 0 unspecified atom stereocenters. The number of rotatable bonds is 6. The molecule has 1 aliphatic heterocycles. The highest BCUT2D eigenvalue weighted by Gasteiger charge is 2.41. The van der Waals surface area contributed by atoms with E-state index in [0.717, 1.165) is 22.5 Å². The summed E-state index contributed by atoms with van der Waals surface area (Å²) in [6.07, 6.45) is -2.27. The predicted octanol–water partition coefficient (Wildman–Crippen LogP) is 6.60. The summed E-state index contributed by atoms with van der Waals surface area (Å²) >= 11 is 0. The first-order valence-electron chi connectivity index (χ1n) is 11.3. The van der Waals surface area contributed by atoms with Crippen molar-refractivity contribution >= 4 is 42.4 Å². The van der Waals surface area contributed by atoms with E-state index in [1.165, 1.54) is 0 Å². The summed E-state index contributed by atoms with van der Waals surface area (Å²) < 4.78 is 46.6. The number of hydrogen-bond acceptors (Lipinski definition) is 6. The standard InChI is InChI=1S/C24H29F3N6O.2ClH/c1-15(2)33-23(32-11-8-18(9-12-32)24(25,26)27)30-22(31-33)29-19-5-6-20(21(14-19)34-4)17-7-10-28-16(3)13-17;;/h5-7,10,13-15,18H,8-9,11-12H2,1-4H3,(H,29,31);2*1H. The Labute approximate surface area is 221 Å². The number of aryl methyl sites for hydroxylation is 1. The molecule has 4 rings (SSSR count). The van der Waals surface area contributed by atoms with Gasteiger partial charge in [0.1, 0.15) is 5.75 Å². The number of piperidine rings is 1. The fourth-order valence-corrected chi connectivity index (χ4v) is 4.19. The van der Waals surface area contributed by atoms with E-state index in [9.17, 15) is 13.2 Å². The van der Waals surface area contributed by atoms with Crippen LogP contribution in [0.25, 0.3) is 11.1 Å². The van der Waals surface area contributed by atoms with Crippen molar-refractivity contribution < 1.29 is 17.9 Å². The first kappa shape index (κ1) is 29.5. The van der Waals surface area contributed by atoms with Crippen molar-refractivity contribution in [1.29, 1.82) is 0 Å². The van der Waals surface area contributed by atoms with E-state index in [0.29, 0.717) is 30.7 Å². The van der Waals surface area contributed by atoms with E-state index in [1.807, 2.05) is 56.0 Å². The molecule has 2 aromatic heterocycles. The van der Waals surface area contributed by atoms with E-state index >= 15 is 0 Å². The summed E-state index contributed by atoms with van der Waals surface area (Å²) in [6.45, 7) is 6.47. The molecule has 3 aromatic rings. The quantitative estimate of drug-likeness (QED) is 0.375. The third-order valence-corrected chi connectivity index (χ3v) is 6.01. The number of benzene rings is 1. The average Bonchev–Trinajstić information content (AvgIpc) is 3.22. The maximum atomic E-state index is 13.1. The number of anilines is 3. The molecule has 198 valence electrons. The van der Waals surface area contributed by atoms with Crippen LogP contribution in [-0.2, 0) is 0 Å². The van der Waals surface area contributed by atoms with Gasteiger partial charge in [-0.3, -0.25) is 4.98 Å². The van der Waals surface area contributed by atoms with Crippen molar-refractivity contribution in [2.45, 2.75) is 45.8 Å². The molecule has 1 N–H and O–H groups in total. The van der Waals surface area contributed by atoms with Crippen LogP contribution >= 0.6 is 24.8 Å². The Kier molecular flexibility index (Phi) is 9.85. The Morgan fingerprint density at radius 1 is 1.08 bits per heavy atom. The van der Waals surface area contributed by atoms with Crippen LogP contribution in [0, 0.1) is 12.8 Å². The van der Waals surface area contributed by atoms with Gasteiger partial charge in [-0.1, -0.05) is 0 Å². The Bertz CT molecular complexity index is 1150. The summed E-state index contributed by atoms with van der Waals surface area (Å²) in [5, 5.41) is 7.79. The summed E-state index contributed by atoms with van der Waals surface area (Å²) in [5.74, 6) is 0.394. The molecule has 0 saturated carbocycles. The van der Waals surface area contributed by atoms with E-state index in [4.69, 9.17) is 4.74 Å². The fraction of sp³-hybridized carbons (Fsp3) is 0.458. The molecular weight excluding hydrogens is 516 g/mol. The van der Waals surface area contributed by atoms with Gasteiger partial charge in [0.25, 0.3) is 0 Å². The first-order valence-corrected chi connectivity index (χ1v) is 11.3. The number of hydrogen-bond donors (Lipinski definition) is 1. The van der Waals surface area contributed by atoms with E-state index in [-0.39, 0.29) is 43.7 Å². The largest absolute Gasteiger partial charge is 0.496 e. The third-order valence-electron chi connectivity index (χ3n) is 6.01. The van der Waals surface area contributed by atoms with Crippen LogP contribution in [0.5, 0.6) is 5.75 Å². The van der Waals surface area contributed by atoms with E-state index in [1.54, 1.807) is 18.0 Å². The summed E-state index contributed by atoms with van der Waals surface area (Å²) in [7, 11) is 1.62. The van der Waals surface area contributed by atoms with Gasteiger partial charge in [-0.15, -0.1) is 29.9 Å². The second-order valence-electron chi connectivity index (χ2n) is 8.80. The van der Waals surface area contributed by atoms with Crippen molar-refractivity contribution in [1.82, 2.24) is 19.7 Å². The molecule has 7 nitrogen and oxygen atoms in total. The van der Waals surface area contributed by atoms with Crippen LogP contribution in [0.1, 0.15) is 38.4 Å². The van der Waals surface area contributed by atoms with Gasteiger partial charge in [-0.2, -0.15) is 18.2 Å². The lowest BCUT2D eigenvalue weighted by Crippen LogP contribution is -2.40. The van der Waals surface area contributed by atoms with Crippen LogP contribution in [-0.4, -0.2) is 46.1 Å². The molecule has 0 spiro atoms. The number of nitrogens with one attached hydrogen (secondary N) is 1. The van der Waals surface area contributed by atoms with Crippen LogP contribution in [0.15, 0.2) is 36.5 Å². The van der Waals surface area contributed by atoms with Crippen LogP contribution in [0.2, 0.25) is 0 Å². The summed E-state index contributed by atoms with van der Waals surface area (Å²) in [6, 6.07) is 9.67.